The van der Waals surface area contributed by atoms with Gasteiger partial charge in [-0.25, -0.2) is 0 Å². The lowest BCUT2D eigenvalue weighted by atomic mass is 9.65. The van der Waals surface area contributed by atoms with E-state index >= 15 is 0 Å². The fraction of sp³-hybridized carbons (Fsp3) is 0.750. The smallest absolute Gasteiger partial charge is 0.101 e. The molecule has 3 unspecified atom stereocenters. The van der Waals surface area contributed by atoms with Gasteiger partial charge in [0.05, 0.1) is 0 Å². The third-order valence-electron chi connectivity index (χ3n) is 4.80. The van der Waals surface area contributed by atoms with Crippen molar-refractivity contribution >= 4 is 11.3 Å². The zero-order valence-electron chi connectivity index (χ0n) is 12.2. The first-order valence-corrected chi connectivity index (χ1v) is 8.20. The van der Waals surface area contributed by atoms with Crippen LogP contribution in [-0.2, 0) is 0 Å². The summed E-state index contributed by atoms with van der Waals surface area (Å²) < 4.78 is 0. The third-order valence-corrected chi connectivity index (χ3v) is 5.78. The Morgan fingerprint density at radius 3 is 2.89 bits per heavy atom. The fourth-order valence-electron chi connectivity index (χ4n) is 4.58. The molecule has 3 rings (SSSR count). The minimum atomic E-state index is -0.314. The first-order chi connectivity index (χ1) is 8.87. The number of β-amino-alcohol motifs (C(OH)–C–C–N with tert-alkyl or cyclic N) is 1. The molecular weight excluding hydrogens is 254 g/mol. The molecule has 2 fully saturated rings. The van der Waals surface area contributed by atoms with Crippen LogP contribution in [0.1, 0.15) is 51.0 Å². The van der Waals surface area contributed by atoms with Crippen LogP contribution in [0, 0.1) is 10.8 Å². The molecular formula is C16H25NOS. The lowest BCUT2D eigenvalue weighted by Gasteiger charge is -2.40. The van der Waals surface area contributed by atoms with Crippen molar-refractivity contribution in [3.8, 4) is 0 Å². The van der Waals surface area contributed by atoms with E-state index in [1.165, 1.54) is 19.3 Å². The first kappa shape index (κ1) is 13.6. The molecule has 106 valence electrons. The molecule has 1 aliphatic heterocycles. The lowest BCUT2D eigenvalue weighted by molar-refractivity contribution is 0.0939. The van der Waals surface area contributed by atoms with Crippen molar-refractivity contribution in [1.82, 2.24) is 4.90 Å². The number of aliphatic hydroxyl groups excluding tert-OH is 1. The van der Waals surface area contributed by atoms with Crippen LogP contribution in [0.3, 0.4) is 0 Å². The van der Waals surface area contributed by atoms with Gasteiger partial charge in [-0.1, -0.05) is 26.8 Å². The number of hydrogen-bond acceptors (Lipinski definition) is 3. The minimum absolute atomic E-state index is 0.314. The Hall–Kier alpha value is -0.380. The number of aliphatic hydroxyl groups is 1. The Bertz CT molecular complexity index is 442. The Morgan fingerprint density at radius 2 is 2.21 bits per heavy atom. The molecule has 19 heavy (non-hydrogen) atoms. The maximum atomic E-state index is 10.4. The van der Waals surface area contributed by atoms with E-state index in [4.69, 9.17) is 0 Å². The topological polar surface area (TPSA) is 23.5 Å². The fourth-order valence-corrected chi connectivity index (χ4v) is 5.29. The van der Waals surface area contributed by atoms with Crippen molar-refractivity contribution in [2.45, 2.75) is 52.2 Å². The summed E-state index contributed by atoms with van der Waals surface area (Å²) in [6.45, 7) is 9.19. The van der Waals surface area contributed by atoms with Gasteiger partial charge in [-0.3, -0.25) is 4.90 Å². The van der Waals surface area contributed by atoms with Crippen LogP contribution in [0.4, 0.5) is 0 Å². The predicted octanol–water partition coefficient (Wildman–Crippen LogP) is 3.68. The summed E-state index contributed by atoms with van der Waals surface area (Å²) in [6, 6.07) is 4.74. The van der Waals surface area contributed by atoms with Gasteiger partial charge in [0, 0.05) is 24.0 Å². The number of thiophene rings is 1. The van der Waals surface area contributed by atoms with E-state index in [2.05, 4.69) is 25.7 Å². The molecule has 3 heteroatoms. The van der Waals surface area contributed by atoms with E-state index in [1.54, 1.807) is 11.3 Å². The SMILES string of the molecule is CC1(C)CC2CC(C)(CN2CC(O)c2cccs2)C1. The Labute approximate surface area is 120 Å². The molecule has 2 bridgehead atoms. The molecule has 1 aromatic heterocycles. The molecule has 0 radical (unpaired) electrons. The predicted molar refractivity (Wildman–Crippen MR) is 80.4 cm³/mol. The van der Waals surface area contributed by atoms with Crippen molar-refractivity contribution in [1.29, 1.82) is 0 Å². The summed E-state index contributed by atoms with van der Waals surface area (Å²) in [6.07, 6.45) is 3.60. The molecule has 0 spiro atoms. The van der Waals surface area contributed by atoms with Crippen molar-refractivity contribution in [3.05, 3.63) is 22.4 Å². The molecule has 0 amide bonds. The monoisotopic (exact) mass is 279 g/mol. The second kappa shape index (κ2) is 4.57. The van der Waals surface area contributed by atoms with E-state index in [-0.39, 0.29) is 6.10 Å². The number of likely N-dealkylation sites (tertiary alicyclic amines) is 1. The van der Waals surface area contributed by atoms with Crippen molar-refractivity contribution in [3.63, 3.8) is 0 Å². The maximum absolute atomic E-state index is 10.4. The van der Waals surface area contributed by atoms with Crippen LogP contribution < -0.4 is 0 Å². The molecule has 2 heterocycles. The van der Waals surface area contributed by atoms with Gasteiger partial charge in [-0.05, 0) is 41.5 Å². The lowest BCUT2D eigenvalue weighted by Crippen LogP contribution is -2.36. The molecule has 3 atom stereocenters. The number of nitrogens with zero attached hydrogens (tertiary/aromatic N) is 1. The quantitative estimate of drug-likeness (QED) is 0.912. The zero-order valence-corrected chi connectivity index (χ0v) is 13.0. The normalized spacial score (nSPS) is 35.5. The van der Waals surface area contributed by atoms with Gasteiger partial charge in [0.15, 0.2) is 0 Å². The summed E-state index contributed by atoms with van der Waals surface area (Å²) in [5, 5.41) is 12.4. The van der Waals surface area contributed by atoms with Crippen LogP contribution in [0.15, 0.2) is 17.5 Å². The van der Waals surface area contributed by atoms with Gasteiger partial charge >= 0.3 is 0 Å². The summed E-state index contributed by atoms with van der Waals surface area (Å²) >= 11 is 1.66. The van der Waals surface area contributed by atoms with Crippen LogP contribution in [0.2, 0.25) is 0 Å². The van der Waals surface area contributed by atoms with Crippen molar-refractivity contribution in [2.75, 3.05) is 13.1 Å². The Morgan fingerprint density at radius 1 is 1.42 bits per heavy atom. The maximum Gasteiger partial charge on any atom is 0.101 e. The van der Waals surface area contributed by atoms with Crippen LogP contribution >= 0.6 is 11.3 Å². The molecule has 1 N–H and O–H groups in total. The van der Waals surface area contributed by atoms with Crippen molar-refractivity contribution < 1.29 is 5.11 Å². The second-order valence-electron chi connectivity index (χ2n) is 7.67. The van der Waals surface area contributed by atoms with Gasteiger partial charge in [-0.2, -0.15) is 0 Å². The van der Waals surface area contributed by atoms with Crippen LogP contribution in [-0.4, -0.2) is 29.1 Å². The van der Waals surface area contributed by atoms with E-state index in [0.717, 1.165) is 18.0 Å². The van der Waals surface area contributed by atoms with E-state index in [1.807, 2.05) is 17.5 Å². The van der Waals surface area contributed by atoms with Crippen LogP contribution in [0.25, 0.3) is 0 Å². The third kappa shape index (κ3) is 2.74. The van der Waals surface area contributed by atoms with E-state index in [0.29, 0.717) is 16.9 Å². The molecule has 1 aliphatic carbocycles. The number of rotatable bonds is 3. The average molecular weight is 279 g/mol. The summed E-state index contributed by atoms with van der Waals surface area (Å²) in [4.78, 5) is 3.64. The average Bonchev–Trinajstić information content (AvgIpc) is 2.84. The van der Waals surface area contributed by atoms with Gasteiger partial charge in [0.25, 0.3) is 0 Å². The molecule has 1 saturated heterocycles. The molecule has 2 nitrogen and oxygen atoms in total. The molecule has 2 aliphatic rings. The summed E-state index contributed by atoms with van der Waals surface area (Å²) in [5.41, 5.74) is 0.919. The summed E-state index contributed by atoms with van der Waals surface area (Å²) in [7, 11) is 0. The minimum Gasteiger partial charge on any atom is -0.386 e. The molecule has 1 aromatic rings. The largest absolute Gasteiger partial charge is 0.386 e. The van der Waals surface area contributed by atoms with Crippen molar-refractivity contribution in [2.24, 2.45) is 10.8 Å². The molecule has 1 saturated carbocycles. The first-order valence-electron chi connectivity index (χ1n) is 7.33. The Kier molecular flexibility index (Phi) is 3.27. The highest BCUT2D eigenvalue weighted by Gasteiger charge is 2.49. The highest BCUT2D eigenvalue weighted by Crippen LogP contribution is 2.52. The van der Waals surface area contributed by atoms with E-state index in [9.17, 15) is 5.11 Å². The van der Waals surface area contributed by atoms with E-state index < -0.39 is 0 Å². The van der Waals surface area contributed by atoms with Gasteiger partial charge < -0.3 is 5.11 Å². The van der Waals surface area contributed by atoms with Gasteiger partial charge in [-0.15, -0.1) is 11.3 Å². The standard InChI is InChI=1S/C16H25NOS/c1-15(2)7-12-8-16(3,10-15)11-17(12)9-13(18)14-5-4-6-19-14/h4-6,12-13,18H,7-11H2,1-3H3. The Balaban J connectivity index is 1.70. The number of hydrogen-bond donors (Lipinski definition) is 1. The highest BCUT2D eigenvalue weighted by atomic mass is 32.1. The molecule has 0 aromatic carbocycles. The van der Waals surface area contributed by atoms with Gasteiger partial charge in [0.2, 0.25) is 0 Å². The van der Waals surface area contributed by atoms with Gasteiger partial charge in [0.1, 0.15) is 6.10 Å². The highest BCUT2D eigenvalue weighted by molar-refractivity contribution is 7.10. The second-order valence-corrected chi connectivity index (χ2v) is 8.65. The zero-order chi connectivity index (χ0) is 13.7. The van der Waals surface area contributed by atoms with Crippen LogP contribution in [0.5, 0.6) is 0 Å². The summed E-state index contributed by atoms with van der Waals surface area (Å²) in [5.74, 6) is 0. The number of fused-ring (bicyclic) bond motifs is 2.